The van der Waals surface area contributed by atoms with Crippen molar-refractivity contribution >= 4 is 22.9 Å². The zero-order valence-electron chi connectivity index (χ0n) is 14.6. The molecule has 0 aliphatic heterocycles. The summed E-state index contributed by atoms with van der Waals surface area (Å²) in [6, 6.07) is 20.0. The fourth-order valence-corrected chi connectivity index (χ4v) is 3.12. The number of hydrogen-bond donors (Lipinski definition) is 2. The van der Waals surface area contributed by atoms with Gasteiger partial charge in [0.05, 0.1) is 23.9 Å². The summed E-state index contributed by atoms with van der Waals surface area (Å²) in [5, 5.41) is 17.4. The van der Waals surface area contributed by atoms with Crippen LogP contribution < -0.4 is 5.32 Å². The van der Waals surface area contributed by atoms with Crippen LogP contribution in [-0.2, 0) is 0 Å². The van der Waals surface area contributed by atoms with Crippen LogP contribution in [0.1, 0.15) is 0 Å². The average molecular weight is 379 g/mol. The first-order chi connectivity index (χ1) is 13.3. The maximum absolute atomic E-state index is 9.64. The van der Waals surface area contributed by atoms with Crippen LogP contribution in [0.3, 0.4) is 0 Å². The van der Waals surface area contributed by atoms with Crippen LogP contribution in [0.15, 0.2) is 73.1 Å². The van der Waals surface area contributed by atoms with Crippen molar-refractivity contribution in [3.05, 3.63) is 73.1 Å². The Morgan fingerprint density at radius 1 is 1.04 bits per heavy atom. The summed E-state index contributed by atoms with van der Waals surface area (Å²) in [5.41, 5.74) is 5.77. The lowest BCUT2D eigenvalue weighted by atomic mass is 10.1. The van der Waals surface area contributed by atoms with Gasteiger partial charge in [-0.3, -0.25) is 0 Å². The Labute approximate surface area is 162 Å². The number of benzene rings is 2. The largest absolute Gasteiger partial charge is 0.390 e. The van der Waals surface area contributed by atoms with E-state index in [-0.39, 0.29) is 5.88 Å². The number of nitrogens with one attached hydrogen (secondary N) is 1. The number of anilines is 1. The third-order valence-electron chi connectivity index (χ3n) is 4.36. The molecule has 0 saturated carbocycles. The van der Waals surface area contributed by atoms with Crippen LogP contribution in [0.25, 0.3) is 28.0 Å². The maximum atomic E-state index is 9.64. The number of aliphatic hydroxyl groups is 1. The molecule has 0 bridgehead atoms. The van der Waals surface area contributed by atoms with Crippen LogP contribution in [0, 0.1) is 0 Å². The molecule has 27 heavy (non-hydrogen) atoms. The Bertz CT molecular complexity index is 1050. The Morgan fingerprint density at radius 3 is 2.67 bits per heavy atom. The Hall–Kier alpha value is -2.89. The van der Waals surface area contributed by atoms with Gasteiger partial charge in [0.15, 0.2) is 5.65 Å². The Balaban J connectivity index is 1.72. The molecular weight excluding hydrogens is 360 g/mol. The number of hydrogen-bond acceptors (Lipinski definition) is 4. The van der Waals surface area contributed by atoms with Crippen LogP contribution in [-0.4, -0.2) is 38.2 Å². The van der Waals surface area contributed by atoms with Gasteiger partial charge in [-0.2, -0.15) is 5.10 Å². The summed E-state index contributed by atoms with van der Waals surface area (Å²) in [6.07, 6.45) is 3.07. The number of aliphatic hydroxyl groups excluding tert-OH is 1. The van der Waals surface area contributed by atoms with E-state index in [1.807, 2.05) is 59.2 Å². The lowest BCUT2D eigenvalue weighted by molar-refractivity contribution is 0.211. The molecule has 0 saturated heterocycles. The van der Waals surface area contributed by atoms with Crippen LogP contribution in [0.4, 0.5) is 5.69 Å². The van der Waals surface area contributed by atoms with E-state index in [4.69, 9.17) is 11.6 Å². The van der Waals surface area contributed by atoms with Gasteiger partial charge in [-0.05, 0) is 23.8 Å². The van der Waals surface area contributed by atoms with Crippen LogP contribution in [0.2, 0.25) is 0 Å². The second-order valence-electron chi connectivity index (χ2n) is 6.26. The second kappa shape index (κ2) is 7.78. The molecular formula is C21H19ClN4O. The van der Waals surface area contributed by atoms with Gasteiger partial charge >= 0.3 is 0 Å². The van der Waals surface area contributed by atoms with Crippen LogP contribution in [0.5, 0.6) is 0 Å². The second-order valence-corrected chi connectivity index (χ2v) is 6.57. The summed E-state index contributed by atoms with van der Waals surface area (Å²) in [4.78, 5) is 4.53. The van der Waals surface area contributed by atoms with Gasteiger partial charge in [0.1, 0.15) is 0 Å². The minimum atomic E-state index is -0.581. The van der Waals surface area contributed by atoms with Crippen LogP contribution >= 0.6 is 11.6 Å². The molecule has 4 rings (SSSR count). The first kappa shape index (κ1) is 17.5. The maximum Gasteiger partial charge on any atom is 0.163 e. The molecule has 2 N–H and O–H groups in total. The molecule has 4 aromatic rings. The zero-order chi connectivity index (χ0) is 18.6. The van der Waals surface area contributed by atoms with Crippen molar-refractivity contribution in [2.24, 2.45) is 0 Å². The summed E-state index contributed by atoms with van der Waals surface area (Å²) >= 11 is 5.66. The summed E-state index contributed by atoms with van der Waals surface area (Å²) in [5.74, 6) is 0.202. The molecule has 2 aromatic heterocycles. The smallest absolute Gasteiger partial charge is 0.163 e. The Kier molecular flexibility index (Phi) is 5.05. The molecule has 5 nitrogen and oxygen atoms in total. The molecule has 1 unspecified atom stereocenters. The van der Waals surface area contributed by atoms with Crippen molar-refractivity contribution in [3.8, 4) is 22.4 Å². The molecule has 0 aliphatic carbocycles. The van der Waals surface area contributed by atoms with Gasteiger partial charge in [0.2, 0.25) is 0 Å². The minimum absolute atomic E-state index is 0.202. The van der Waals surface area contributed by atoms with Gasteiger partial charge in [0, 0.05) is 29.6 Å². The number of aromatic nitrogens is 3. The monoisotopic (exact) mass is 378 g/mol. The van der Waals surface area contributed by atoms with E-state index in [0.717, 1.165) is 33.7 Å². The minimum Gasteiger partial charge on any atom is -0.390 e. The van der Waals surface area contributed by atoms with E-state index < -0.39 is 6.10 Å². The Morgan fingerprint density at radius 2 is 1.85 bits per heavy atom. The number of nitrogens with zero attached hydrogens (tertiary/aromatic N) is 3. The average Bonchev–Trinajstić information content (AvgIpc) is 3.17. The van der Waals surface area contributed by atoms with E-state index in [9.17, 15) is 5.11 Å². The summed E-state index contributed by atoms with van der Waals surface area (Å²) < 4.78 is 1.86. The number of rotatable bonds is 6. The molecule has 0 spiro atoms. The molecule has 0 radical (unpaired) electrons. The topological polar surface area (TPSA) is 62.5 Å². The van der Waals surface area contributed by atoms with Gasteiger partial charge in [0.25, 0.3) is 0 Å². The molecule has 2 aromatic carbocycles. The molecule has 1 atom stereocenters. The lowest BCUT2D eigenvalue weighted by Crippen LogP contribution is -2.20. The third kappa shape index (κ3) is 3.65. The van der Waals surface area contributed by atoms with Crippen molar-refractivity contribution < 1.29 is 5.11 Å². The number of alkyl halides is 1. The summed E-state index contributed by atoms with van der Waals surface area (Å²) in [6.45, 7) is 0.401. The van der Waals surface area contributed by atoms with E-state index in [2.05, 4.69) is 27.5 Å². The predicted octanol–water partition coefficient (Wildman–Crippen LogP) is 4.07. The molecule has 0 amide bonds. The van der Waals surface area contributed by atoms with E-state index in [1.54, 1.807) is 6.20 Å². The van der Waals surface area contributed by atoms with E-state index >= 15 is 0 Å². The van der Waals surface area contributed by atoms with Crippen molar-refractivity contribution in [2.45, 2.75) is 6.10 Å². The predicted molar refractivity (Wildman–Crippen MR) is 109 cm³/mol. The fraction of sp³-hybridized carbons (Fsp3) is 0.143. The highest BCUT2D eigenvalue weighted by Crippen LogP contribution is 2.28. The highest BCUT2D eigenvalue weighted by molar-refractivity contribution is 6.18. The molecule has 2 heterocycles. The molecule has 0 fully saturated rings. The highest BCUT2D eigenvalue weighted by Gasteiger charge is 2.12. The van der Waals surface area contributed by atoms with Gasteiger partial charge in [-0.15, -0.1) is 11.6 Å². The van der Waals surface area contributed by atoms with Crippen molar-refractivity contribution in [1.29, 1.82) is 0 Å². The molecule has 6 heteroatoms. The van der Waals surface area contributed by atoms with Gasteiger partial charge < -0.3 is 10.4 Å². The van der Waals surface area contributed by atoms with Crippen molar-refractivity contribution in [3.63, 3.8) is 0 Å². The summed E-state index contributed by atoms with van der Waals surface area (Å²) in [7, 11) is 0. The normalized spacial score (nSPS) is 12.2. The van der Waals surface area contributed by atoms with Gasteiger partial charge in [-0.1, -0.05) is 42.5 Å². The SMILES string of the molecule is OC(CCl)CNc1cccc(-c2ccnc3c(-c4ccccc4)cnn23)c1. The highest BCUT2D eigenvalue weighted by atomic mass is 35.5. The first-order valence-electron chi connectivity index (χ1n) is 8.73. The molecule has 0 aliphatic rings. The fourth-order valence-electron chi connectivity index (χ4n) is 3.01. The molecule has 136 valence electrons. The quantitative estimate of drug-likeness (QED) is 0.496. The van der Waals surface area contributed by atoms with Gasteiger partial charge in [-0.25, -0.2) is 9.50 Å². The third-order valence-corrected chi connectivity index (χ3v) is 4.72. The lowest BCUT2D eigenvalue weighted by Gasteiger charge is -2.12. The van der Waals surface area contributed by atoms with Crippen molar-refractivity contribution in [2.75, 3.05) is 17.7 Å². The van der Waals surface area contributed by atoms with E-state index in [1.165, 1.54) is 0 Å². The first-order valence-corrected chi connectivity index (χ1v) is 9.26. The van der Waals surface area contributed by atoms with Crippen molar-refractivity contribution in [1.82, 2.24) is 14.6 Å². The number of fused-ring (bicyclic) bond motifs is 1. The van der Waals surface area contributed by atoms with E-state index in [0.29, 0.717) is 6.54 Å². The number of halogens is 1. The standard InChI is InChI=1S/C21H19ClN4O/c22-12-18(27)13-24-17-8-4-7-16(11-17)20-9-10-23-21-19(14-25-26(20)21)15-5-2-1-3-6-15/h1-11,14,18,24,27H,12-13H2. The zero-order valence-corrected chi connectivity index (χ0v) is 15.3.